The maximum atomic E-state index is 11.6. The van der Waals surface area contributed by atoms with Gasteiger partial charge in [-0.25, -0.2) is 0 Å². The highest BCUT2D eigenvalue weighted by Crippen LogP contribution is 2.37. The SMILES string of the molecule is CCC[C@@H](C)Nc1nc(N)c2c(n1)N(CCCCN1CCCCC1)C(C=O)N2. The number of rotatable bonds is 10. The summed E-state index contributed by atoms with van der Waals surface area (Å²) < 4.78 is 0. The number of nitrogen functional groups attached to an aromatic ring is 1. The van der Waals surface area contributed by atoms with Gasteiger partial charge < -0.3 is 26.2 Å². The highest BCUT2D eigenvalue weighted by molar-refractivity contribution is 5.88. The summed E-state index contributed by atoms with van der Waals surface area (Å²) in [7, 11) is 0. The molecule has 3 heterocycles. The second-order valence-corrected chi connectivity index (χ2v) is 7.99. The molecule has 0 aliphatic carbocycles. The molecule has 0 amide bonds. The van der Waals surface area contributed by atoms with Crippen LogP contribution in [0.2, 0.25) is 0 Å². The Labute approximate surface area is 168 Å². The minimum atomic E-state index is -0.426. The zero-order valence-corrected chi connectivity index (χ0v) is 17.3. The average molecular weight is 390 g/mol. The largest absolute Gasteiger partial charge is 0.382 e. The fourth-order valence-corrected chi connectivity index (χ4v) is 4.11. The number of carbonyl (C=O) groups excluding carboxylic acids is 1. The maximum absolute atomic E-state index is 11.6. The lowest BCUT2D eigenvalue weighted by atomic mass is 10.1. The molecular weight excluding hydrogens is 354 g/mol. The molecule has 28 heavy (non-hydrogen) atoms. The van der Waals surface area contributed by atoms with Gasteiger partial charge in [0.05, 0.1) is 0 Å². The van der Waals surface area contributed by atoms with Crippen LogP contribution in [0, 0.1) is 0 Å². The third kappa shape index (κ3) is 5.04. The molecule has 8 nitrogen and oxygen atoms in total. The Morgan fingerprint density at radius 3 is 2.71 bits per heavy atom. The van der Waals surface area contributed by atoms with Crippen molar-refractivity contribution in [3.63, 3.8) is 0 Å². The molecule has 1 fully saturated rings. The Kier molecular flexibility index (Phi) is 7.30. The van der Waals surface area contributed by atoms with E-state index in [2.05, 4.69) is 39.3 Å². The summed E-state index contributed by atoms with van der Waals surface area (Å²) >= 11 is 0. The van der Waals surface area contributed by atoms with Crippen molar-refractivity contribution in [3.05, 3.63) is 0 Å². The van der Waals surface area contributed by atoms with Crippen molar-refractivity contribution in [2.24, 2.45) is 0 Å². The van der Waals surface area contributed by atoms with Crippen molar-refractivity contribution < 1.29 is 4.79 Å². The Bertz CT molecular complexity index is 648. The Balaban J connectivity index is 1.62. The van der Waals surface area contributed by atoms with Crippen molar-refractivity contribution in [2.45, 2.75) is 71.0 Å². The summed E-state index contributed by atoms with van der Waals surface area (Å²) in [4.78, 5) is 25.2. The predicted molar refractivity (Wildman–Crippen MR) is 115 cm³/mol. The summed E-state index contributed by atoms with van der Waals surface area (Å²) in [5, 5.41) is 6.49. The minimum Gasteiger partial charge on any atom is -0.382 e. The minimum absolute atomic E-state index is 0.275. The molecule has 1 aromatic rings. The number of aromatic nitrogens is 2. The molecule has 3 rings (SSSR count). The first-order valence-corrected chi connectivity index (χ1v) is 10.8. The summed E-state index contributed by atoms with van der Waals surface area (Å²) in [6, 6.07) is 0.275. The van der Waals surface area contributed by atoms with Crippen LogP contribution in [0.5, 0.6) is 0 Å². The van der Waals surface area contributed by atoms with Crippen molar-refractivity contribution in [3.8, 4) is 0 Å². The van der Waals surface area contributed by atoms with E-state index in [4.69, 9.17) is 5.73 Å². The molecule has 2 atom stereocenters. The molecule has 2 aliphatic heterocycles. The third-order valence-corrected chi connectivity index (χ3v) is 5.62. The number of aldehydes is 1. The van der Waals surface area contributed by atoms with E-state index in [0.717, 1.165) is 50.9 Å². The molecule has 2 aliphatic rings. The third-order valence-electron chi connectivity index (χ3n) is 5.62. The van der Waals surface area contributed by atoms with E-state index in [0.29, 0.717) is 17.5 Å². The Morgan fingerprint density at radius 1 is 1.25 bits per heavy atom. The number of hydrogen-bond acceptors (Lipinski definition) is 8. The van der Waals surface area contributed by atoms with Gasteiger partial charge in [-0.1, -0.05) is 19.8 Å². The van der Waals surface area contributed by atoms with Gasteiger partial charge >= 0.3 is 0 Å². The van der Waals surface area contributed by atoms with Crippen LogP contribution < -0.4 is 21.3 Å². The lowest BCUT2D eigenvalue weighted by molar-refractivity contribution is -0.108. The van der Waals surface area contributed by atoms with E-state index in [9.17, 15) is 4.79 Å². The topological polar surface area (TPSA) is 99.4 Å². The normalized spacial score (nSPS) is 20.5. The summed E-state index contributed by atoms with van der Waals surface area (Å²) in [5.74, 6) is 1.65. The van der Waals surface area contributed by atoms with Gasteiger partial charge in [0.2, 0.25) is 5.95 Å². The van der Waals surface area contributed by atoms with Crippen LogP contribution in [0.1, 0.15) is 58.8 Å². The maximum Gasteiger partial charge on any atom is 0.226 e. The fraction of sp³-hybridized carbons (Fsp3) is 0.750. The van der Waals surface area contributed by atoms with Crippen LogP contribution in [0.4, 0.5) is 23.3 Å². The van der Waals surface area contributed by atoms with E-state index in [1.54, 1.807) is 0 Å². The number of likely N-dealkylation sites (tertiary alicyclic amines) is 1. The highest BCUT2D eigenvalue weighted by atomic mass is 16.1. The second kappa shape index (κ2) is 9.91. The standard InChI is InChI=1S/C20H35N7O/c1-3-9-15(2)22-20-24-18(21)17-19(25-20)27(16(14-28)23-17)13-8-7-12-26-10-5-4-6-11-26/h14-16,23H,3-13H2,1-2H3,(H3,21,22,24,25)/t15-,16?/m1/s1. The van der Waals surface area contributed by atoms with E-state index in [-0.39, 0.29) is 6.04 Å². The van der Waals surface area contributed by atoms with Crippen molar-refractivity contribution in [1.82, 2.24) is 14.9 Å². The number of nitrogens with one attached hydrogen (secondary N) is 2. The van der Waals surface area contributed by atoms with Gasteiger partial charge in [-0.2, -0.15) is 9.97 Å². The molecule has 4 N–H and O–H groups in total. The van der Waals surface area contributed by atoms with Gasteiger partial charge in [-0.15, -0.1) is 0 Å². The van der Waals surface area contributed by atoms with E-state index < -0.39 is 6.17 Å². The number of nitrogens with zero attached hydrogens (tertiary/aromatic N) is 4. The van der Waals surface area contributed by atoms with Crippen LogP contribution in [-0.4, -0.2) is 59.5 Å². The Hall–Kier alpha value is -2.09. The molecular formula is C20H35N7O. The van der Waals surface area contributed by atoms with Crippen LogP contribution in [0.15, 0.2) is 0 Å². The lowest BCUT2D eigenvalue weighted by Crippen LogP contribution is -2.38. The number of carbonyl (C=O) groups is 1. The van der Waals surface area contributed by atoms with Gasteiger partial charge in [-0.05, 0) is 58.7 Å². The van der Waals surface area contributed by atoms with Crippen molar-refractivity contribution in [2.75, 3.05) is 47.4 Å². The van der Waals surface area contributed by atoms with Crippen LogP contribution >= 0.6 is 0 Å². The molecule has 0 spiro atoms. The number of hydrogen-bond donors (Lipinski definition) is 3. The number of piperidine rings is 1. The van der Waals surface area contributed by atoms with E-state index >= 15 is 0 Å². The molecule has 1 unspecified atom stereocenters. The van der Waals surface area contributed by atoms with Gasteiger partial charge in [-0.3, -0.25) is 4.79 Å². The zero-order valence-electron chi connectivity index (χ0n) is 17.3. The van der Waals surface area contributed by atoms with Crippen LogP contribution in [0.3, 0.4) is 0 Å². The molecule has 156 valence electrons. The lowest BCUT2D eigenvalue weighted by Gasteiger charge is -2.27. The first-order chi connectivity index (χ1) is 13.6. The number of fused-ring (bicyclic) bond motifs is 1. The van der Waals surface area contributed by atoms with Crippen molar-refractivity contribution >= 4 is 29.6 Å². The number of anilines is 4. The average Bonchev–Trinajstić information content (AvgIpc) is 3.04. The van der Waals surface area contributed by atoms with E-state index in [1.165, 1.54) is 32.4 Å². The molecule has 0 bridgehead atoms. The molecule has 0 radical (unpaired) electrons. The van der Waals surface area contributed by atoms with Gasteiger partial charge in [0.15, 0.2) is 24.1 Å². The molecule has 0 saturated carbocycles. The highest BCUT2D eigenvalue weighted by Gasteiger charge is 2.32. The second-order valence-electron chi connectivity index (χ2n) is 7.99. The number of nitrogens with two attached hydrogens (primary N) is 1. The predicted octanol–water partition coefficient (Wildman–Crippen LogP) is 2.68. The summed E-state index contributed by atoms with van der Waals surface area (Å²) in [6.07, 6.45) is 8.75. The van der Waals surface area contributed by atoms with E-state index in [1.807, 2.05) is 4.90 Å². The first kappa shape index (κ1) is 20.6. The molecule has 8 heteroatoms. The van der Waals surface area contributed by atoms with Crippen LogP contribution in [-0.2, 0) is 4.79 Å². The molecule has 1 aromatic heterocycles. The Morgan fingerprint density at radius 2 is 2.00 bits per heavy atom. The monoisotopic (exact) mass is 389 g/mol. The summed E-state index contributed by atoms with van der Waals surface area (Å²) in [5.41, 5.74) is 6.82. The fourth-order valence-electron chi connectivity index (χ4n) is 4.11. The van der Waals surface area contributed by atoms with Gasteiger partial charge in [0, 0.05) is 12.6 Å². The van der Waals surface area contributed by atoms with Gasteiger partial charge in [0.25, 0.3) is 0 Å². The first-order valence-electron chi connectivity index (χ1n) is 10.8. The number of unbranched alkanes of at least 4 members (excludes halogenated alkanes) is 1. The quantitative estimate of drug-likeness (QED) is 0.415. The van der Waals surface area contributed by atoms with Crippen molar-refractivity contribution in [1.29, 1.82) is 0 Å². The molecule has 1 saturated heterocycles. The zero-order chi connectivity index (χ0) is 19.9. The summed E-state index contributed by atoms with van der Waals surface area (Å²) in [6.45, 7) is 8.62. The smallest absolute Gasteiger partial charge is 0.226 e. The van der Waals surface area contributed by atoms with Crippen LogP contribution in [0.25, 0.3) is 0 Å². The molecule has 0 aromatic carbocycles. The van der Waals surface area contributed by atoms with Gasteiger partial charge in [0.1, 0.15) is 5.69 Å².